The number of aliphatic hydroxyl groups is 1. The van der Waals surface area contributed by atoms with Gasteiger partial charge in [0.05, 0.1) is 19.3 Å². The molecule has 0 aliphatic rings. The predicted octanol–water partition coefficient (Wildman–Crippen LogP) is 1.78. The molecule has 0 amide bonds. The highest BCUT2D eigenvalue weighted by Crippen LogP contribution is 2.30. The standard InChI is InChI=1S/C14H26N2O2S/c1-4-12(15)14(13-6-5-11(2)19-13)16(7-9-17)8-10-18-3/h5-6,12,14,17H,4,7-10,15H2,1-3H3. The molecule has 0 radical (unpaired) electrons. The van der Waals surface area contributed by atoms with E-state index in [1.807, 2.05) is 0 Å². The van der Waals surface area contributed by atoms with Gasteiger partial charge in [0, 0.05) is 36.0 Å². The van der Waals surface area contributed by atoms with Crippen LogP contribution in [-0.4, -0.2) is 49.5 Å². The van der Waals surface area contributed by atoms with Crippen molar-refractivity contribution in [2.75, 3.05) is 33.4 Å². The largest absolute Gasteiger partial charge is 0.395 e. The van der Waals surface area contributed by atoms with Crippen LogP contribution in [0.2, 0.25) is 0 Å². The van der Waals surface area contributed by atoms with Crippen molar-refractivity contribution in [2.24, 2.45) is 5.73 Å². The first kappa shape index (κ1) is 16.6. The van der Waals surface area contributed by atoms with Crippen molar-refractivity contribution < 1.29 is 9.84 Å². The number of aryl methyl sites for hydroxylation is 1. The molecule has 1 aromatic rings. The molecule has 0 spiro atoms. The summed E-state index contributed by atoms with van der Waals surface area (Å²) in [6.07, 6.45) is 0.913. The number of ether oxygens (including phenoxy) is 1. The van der Waals surface area contributed by atoms with E-state index in [9.17, 15) is 5.11 Å². The minimum Gasteiger partial charge on any atom is -0.395 e. The lowest BCUT2D eigenvalue weighted by Gasteiger charge is -2.34. The molecule has 0 aliphatic carbocycles. The molecule has 0 aliphatic heterocycles. The molecule has 19 heavy (non-hydrogen) atoms. The first-order valence-corrected chi connectivity index (χ1v) is 7.61. The minimum absolute atomic E-state index is 0.0708. The quantitative estimate of drug-likeness (QED) is 0.726. The summed E-state index contributed by atoms with van der Waals surface area (Å²) >= 11 is 1.78. The Morgan fingerprint density at radius 3 is 2.63 bits per heavy atom. The lowest BCUT2D eigenvalue weighted by molar-refractivity contribution is 0.0912. The molecule has 2 atom stereocenters. The van der Waals surface area contributed by atoms with Gasteiger partial charge in [-0.3, -0.25) is 4.90 Å². The van der Waals surface area contributed by atoms with Gasteiger partial charge >= 0.3 is 0 Å². The summed E-state index contributed by atoms with van der Waals surface area (Å²) in [6, 6.07) is 4.51. The lowest BCUT2D eigenvalue weighted by atomic mass is 10.0. The SMILES string of the molecule is CCC(N)C(c1ccc(C)s1)N(CCO)CCOC. The van der Waals surface area contributed by atoms with Crippen molar-refractivity contribution in [3.63, 3.8) is 0 Å². The Balaban J connectivity index is 2.91. The monoisotopic (exact) mass is 286 g/mol. The van der Waals surface area contributed by atoms with Crippen LogP contribution in [-0.2, 0) is 4.74 Å². The number of nitrogens with two attached hydrogens (primary N) is 1. The molecule has 0 fully saturated rings. The van der Waals surface area contributed by atoms with Crippen LogP contribution in [0.5, 0.6) is 0 Å². The average Bonchev–Trinajstić information content (AvgIpc) is 2.82. The third-order valence-electron chi connectivity index (χ3n) is 3.29. The van der Waals surface area contributed by atoms with Gasteiger partial charge < -0.3 is 15.6 Å². The summed E-state index contributed by atoms with van der Waals surface area (Å²) in [6.45, 7) is 6.41. The predicted molar refractivity (Wildman–Crippen MR) is 80.6 cm³/mol. The highest BCUT2D eigenvalue weighted by Gasteiger charge is 2.26. The van der Waals surface area contributed by atoms with Crippen LogP contribution in [0.4, 0.5) is 0 Å². The van der Waals surface area contributed by atoms with E-state index < -0.39 is 0 Å². The molecule has 0 saturated carbocycles. The Bertz CT molecular complexity index is 357. The zero-order valence-electron chi connectivity index (χ0n) is 12.1. The highest BCUT2D eigenvalue weighted by molar-refractivity contribution is 7.12. The van der Waals surface area contributed by atoms with E-state index in [4.69, 9.17) is 10.5 Å². The Morgan fingerprint density at radius 1 is 1.42 bits per heavy atom. The van der Waals surface area contributed by atoms with Gasteiger partial charge in [0.1, 0.15) is 0 Å². The number of hydrogen-bond acceptors (Lipinski definition) is 5. The van der Waals surface area contributed by atoms with Crippen LogP contribution in [0.15, 0.2) is 12.1 Å². The average molecular weight is 286 g/mol. The van der Waals surface area contributed by atoms with Crippen molar-refractivity contribution >= 4 is 11.3 Å². The van der Waals surface area contributed by atoms with Gasteiger partial charge in [-0.1, -0.05) is 6.92 Å². The Morgan fingerprint density at radius 2 is 2.16 bits per heavy atom. The minimum atomic E-state index is 0.0708. The lowest BCUT2D eigenvalue weighted by Crippen LogP contribution is -2.43. The van der Waals surface area contributed by atoms with Gasteiger partial charge in [0.15, 0.2) is 0 Å². The maximum absolute atomic E-state index is 9.27. The Hall–Kier alpha value is -0.460. The molecule has 4 nitrogen and oxygen atoms in total. The Kier molecular flexibility index (Phi) is 7.56. The van der Waals surface area contributed by atoms with Crippen LogP contribution in [0.25, 0.3) is 0 Å². The van der Waals surface area contributed by atoms with Gasteiger partial charge in [-0.05, 0) is 25.5 Å². The number of rotatable bonds is 9. The molecule has 0 bridgehead atoms. The molecule has 0 aromatic carbocycles. The van der Waals surface area contributed by atoms with Crippen LogP contribution in [0.1, 0.15) is 29.1 Å². The number of hydrogen-bond donors (Lipinski definition) is 2. The molecular formula is C14H26N2O2S. The third kappa shape index (κ3) is 4.85. The second-order valence-corrected chi connectivity index (χ2v) is 6.04. The number of nitrogens with zero attached hydrogens (tertiary/aromatic N) is 1. The fourth-order valence-corrected chi connectivity index (χ4v) is 3.31. The topological polar surface area (TPSA) is 58.7 Å². The van der Waals surface area contributed by atoms with Crippen LogP contribution in [0, 0.1) is 6.92 Å². The molecule has 1 rings (SSSR count). The van der Waals surface area contributed by atoms with Gasteiger partial charge in [-0.25, -0.2) is 0 Å². The van der Waals surface area contributed by atoms with Gasteiger partial charge in [0.25, 0.3) is 0 Å². The fourth-order valence-electron chi connectivity index (χ4n) is 2.22. The number of methoxy groups -OCH3 is 1. The van der Waals surface area contributed by atoms with E-state index >= 15 is 0 Å². The molecule has 2 unspecified atom stereocenters. The van der Waals surface area contributed by atoms with Gasteiger partial charge in [-0.2, -0.15) is 0 Å². The molecule has 0 saturated heterocycles. The zero-order chi connectivity index (χ0) is 14.3. The maximum Gasteiger partial charge on any atom is 0.0595 e. The third-order valence-corrected chi connectivity index (χ3v) is 4.36. The molecule has 1 aromatic heterocycles. The number of thiophene rings is 1. The number of aliphatic hydroxyl groups excluding tert-OH is 1. The van der Waals surface area contributed by atoms with Gasteiger partial charge in [0.2, 0.25) is 0 Å². The molecule has 5 heteroatoms. The van der Waals surface area contributed by atoms with Crippen LogP contribution < -0.4 is 5.73 Å². The molecule has 1 heterocycles. The summed E-state index contributed by atoms with van der Waals surface area (Å²) in [5.41, 5.74) is 6.30. The van der Waals surface area contributed by atoms with Crippen molar-refractivity contribution in [3.05, 3.63) is 21.9 Å². The van der Waals surface area contributed by atoms with Crippen LogP contribution >= 0.6 is 11.3 Å². The highest BCUT2D eigenvalue weighted by atomic mass is 32.1. The van der Waals surface area contributed by atoms with E-state index in [-0.39, 0.29) is 18.7 Å². The molecular weight excluding hydrogens is 260 g/mol. The van der Waals surface area contributed by atoms with Crippen molar-refractivity contribution in [2.45, 2.75) is 32.4 Å². The summed E-state index contributed by atoms with van der Waals surface area (Å²) in [7, 11) is 1.70. The van der Waals surface area contributed by atoms with E-state index in [1.165, 1.54) is 9.75 Å². The Labute approximate surface area is 120 Å². The van der Waals surface area contributed by atoms with E-state index in [0.717, 1.165) is 13.0 Å². The summed E-state index contributed by atoms with van der Waals surface area (Å²) in [4.78, 5) is 4.79. The summed E-state index contributed by atoms with van der Waals surface area (Å²) < 4.78 is 5.16. The second kappa shape index (κ2) is 8.66. The summed E-state index contributed by atoms with van der Waals surface area (Å²) in [5.74, 6) is 0. The molecule has 110 valence electrons. The fraction of sp³-hybridized carbons (Fsp3) is 0.714. The normalized spacial score (nSPS) is 14.8. The van der Waals surface area contributed by atoms with E-state index in [1.54, 1.807) is 18.4 Å². The van der Waals surface area contributed by atoms with Crippen molar-refractivity contribution in [3.8, 4) is 0 Å². The van der Waals surface area contributed by atoms with Crippen molar-refractivity contribution in [1.82, 2.24) is 4.90 Å². The molecule has 3 N–H and O–H groups in total. The van der Waals surface area contributed by atoms with E-state index in [2.05, 4.69) is 30.9 Å². The van der Waals surface area contributed by atoms with Gasteiger partial charge in [-0.15, -0.1) is 11.3 Å². The summed E-state index contributed by atoms with van der Waals surface area (Å²) in [5, 5.41) is 9.27. The zero-order valence-corrected chi connectivity index (χ0v) is 12.9. The first-order chi connectivity index (χ1) is 9.13. The van der Waals surface area contributed by atoms with Crippen LogP contribution in [0.3, 0.4) is 0 Å². The second-order valence-electron chi connectivity index (χ2n) is 4.72. The maximum atomic E-state index is 9.27. The first-order valence-electron chi connectivity index (χ1n) is 6.79. The van der Waals surface area contributed by atoms with Crippen molar-refractivity contribution in [1.29, 1.82) is 0 Å². The smallest absolute Gasteiger partial charge is 0.0595 e. The van der Waals surface area contributed by atoms with E-state index in [0.29, 0.717) is 13.2 Å².